The average Bonchev–Trinajstić information content (AvgIpc) is 2.30. The van der Waals surface area contributed by atoms with Gasteiger partial charge in [-0.15, -0.1) is 0 Å². The molecule has 0 aromatic carbocycles. The summed E-state index contributed by atoms with van der Waals surface area (Å²) in [7, 11) is 0. The first-order valence-corrected chi connectivity index (χ1v) is 5.68. The summed E-state index contributed by atoms with van der Waals surface area (Å²) >= 11 is 0. The summed E-state index contributed by atoms with van der Waals surface area (Å²) in [6.45, 7) is 4.96. The van der Waals surface area contributed by atoms with Crippen molar-refractivity contribution in [2.24, 2.45) is 16.8 Å². The highest BCUT2D eigenvalue weighted by Gasteiger charge is 2.21. The van der Waals surface area contributed by atoms with Crippen LogP contribution in [0.25, 0.3) is 0 Å². The zero-order valence-corrected chi connectivity index (χ0v) is 9.45. The quantitative estimate of drug-likeness (QED) is 0.266. The summed E-state index contributed by atoms with van der Waals surface area (Å²) in [5.74, 6) is 6.57. The smallest absolute Gasteiger partial charge is 0.208 e. The molecule has 15 heavy (non-hydrogen) atoms. The Morgan fingerprint density at radius 2 is 2.47 bits per heavy atom. The van der Waals surface area contributed by atoms with Crippen LogP contribution in [0.15, 0.2) is 4.99 Å². The summed E-state index contributed by atoms with van der Waals surface area (Å²) in [6, 6.07) is 0. The number of nitrogens with two attached hydrogens (primary N) is 1. The van der Waals surface area contributed by atoms with Crippen molar-refractivity contribution in [2.45, 2.75) is 26.2 Å². The molecule has 0 spiro atoms. The molecule has 4 N–H and O–H groups in total. The largest absolute Gasteiger partial charge is 0.396 e. The van der Waals surface area contributed by atoms with Gasteiger partial charge in [-0.25, -0.2) is 5.84 Å². The molecule has 1 aliphatic rings. The van der Waals surface area contributed by atoms with Crippen LogP contribution in [0.1, 0.15) is 26.2 Å². The van der Waals surface area contributed by atoms with Crippen molar-refractivity contribution >= 4 is 5.96 Å². The maximum Gasteiger partial charge on any atom is 0.208 e. The molecule has 0 aromatic heterocycles. The molecular weight excluding hydrogens is 192 g/mol. The summed E-state index contributed by atoms with van der Waals surface area (Å²) in [6.07, 6.45) is 3.21. The highest BCUT2D eigenvalue weighted by Crippen LogP contribution is 2.15. The van der Waals surface area contributed by atoms with Gasteiger partial charge in [0.2, 0.25) is 5.96 Å². The monoisotopic (exact) mass is 214 g/mol. The average molecular weight is 214 g/mol. The minimum Gasteiger partial charge on any atom is -0.396 e. The van der Waals surface area contributed by atoms with Crippen molar-refractivity contribution in [3.8, 4) is 0 Å². The summed E-state index contributed by atoms with van der Waals surface area (Å²) < 4.78 is 0. The van der Waals surface area contributed by atoms with Gasteiger partial charge in [-0.05, 0) is 25.2 Å². The van der Waals surface area contributed by atoms with Gasteiger partial charge in [-0.2, -0.15) is 0 Å². The number of hydrogen-bond donors (Lipinski definition) is 3. The summed E-state index contributed by atoms with van der Waals surface area (Å²) in [5.41, 5.74) is 2.65. The van der Waals surface area contributed by atoms with E-state index in [1.807, 2.05) is 0 Å². The van der Waals surface area contributed by atoms with E-state index in [1.165, 1.54) is 0 Å². The Labute approximate surface area is 91.3 Å². The van der Waals surface area contributed by atoms with E-state index in [1.54, 1.807) is 0 Å². The maximum atomic E-state index is 9.12. The fourth-order valence-electron chi connectivity index (χ4n) is 1.86. The molecule has 1 heterocycles. The van der Waals surface area contributed by atoms with Crippen LogP contribution in [-0.4, -0.2) is 42.2 Å². The van der Waals surface area contributed by atoms with Gasteiger partial charge in [0.05, 0.1) is 0 Å². The highest BCUT2D eigenvalue weighted by molar-refractivity contribution is 5.79. The van der Waals surface area contributed by atoms with Crippen molar-refractivity contribution in [1.82, 2.24) is 10.3 Å². The molecule has 1 unspecified atom stereocenters. The number of rotatable bonds is 3. The molecule has 0 saturated carbocycles. The van der Waals surface area contributed by atoms with Crippen LogP contribution in [0, 0.1) is 5.92 Å². The SMILES string of the molecule is CCCN=C(NN)N1CCCC(CO)C1. The van der Waals surface area contributed by atoms with Gasteiger partial charge in [0.25, 0.3) is 0 Å². The van der Waals surface area contributed by atoms with Gasteiger partial charge in [-0.3, -0.25) is 10.4 Å². The van der Waals surface area contributed by atoms with E-state index < -0.39 is 0 Å². The standard InChI is InChI=1S/C10H22N4O/c1-2-5-12-10(13-11)14-6-3-4-9(7-14)8-15/h9,15H,2-8,11H2,1H3,(H,12,13). The summed E-state index contributed by atoms with van der Waals surface area (Å²) in [4.78, 5) is 6.50. The molecule has 0 aliphatic carbocycles. The van der Waals surface area contributed by atoms with Crippen LogP contribution in [0.3, 0.4) is 0 Å². The van der Waals surface area contributed by atoms with Gasteiger partial charge in [0, 0.05) is 26.2 Å². The number of likely N-dealkylation sites (tertiary alicyclic amines) is 1. The predicted molar refractivity (Wildman–Crippen MR) is 61.3 cm³/mol. The van der Waals surface area contributed by atoms with Gasteiger partial charge in [0.1, 0.15) is 0 Å². The lowest BCUT2D eigenvalue weighted by Crippen LogP contribution is -2.49. The number of nitrogens with zero attached hydrogens (tertiary/aromatic N) is 2. The molecular formula is C10H22N4O. The molecule has 1 aliphatic heterocycles. The normalized spacial score (nSPS) is 23.0. The molecule has 1 saturated heterocycles. The Morgan fingerprint density at radius 1 is 1.67 bits per heavy atom. The Morgan fingerprint density at radius 3 is 3.07 bits per heavy atom. The fraction of sp³-hybridized carbons (Fsp3) is 0.900. The molecule has 0 aromatic rings. The molecule has 88 valence electrons. The second-order valence-corrected chi connectivity index (χ2v) is 3.99. The molecule has 0 amide bonds. The molecule has 5 heteroatoms. The van der Waals surface area contributed by atoms with E-state index in [2.05, 4.69) is 22.2 Å². The number of guanidine groups is 1. The lowest BCUT2D eigenvalue weighted by molar-refractivity contribution is 0.158. The number of hydrogen-bond acceptors (Lipinski definition) is 3. The van der Waals surface area contributed by atoms with Crippen LogP contribution in [0.5, 0.6) is 0 Å². The second kappa shape index (κ2) is 6.63. The number of aliphatic hydroxyl groups excluding tert-OH is 1. The van der Waals surface area contributed by atoms with Crippen molar-refractivity contribution in [1.29, 1.82) is 0 Å². The first-order valence-electron chi connectivity index (χ1n) is 5.68. The zero-order chi connectivity index (χ0) is 11.1. The van der Waals surface area contributed by atoms with Gasteiger partial charge < -0.3 is 10.0 Å². The maximum absolute atomic E-state index is 9.12. The molecule has 1 atom stereocenters. The lowest BCUT2D eigenvalue weighted by Gasteiger charge is -2.33. The minimum atomic E-state index is 0.252. The topological polar surface area (TPSA) is 73.9 Å². The van der Waals surface area contributed by atoms with Crippen molar-refractivity contribution < 1.29 is 5.11 Å². The molecule has 1 fully saturated rings. The molecule has 1 rings (SSSR count). The predicted octanol–water partition coefficient (Wildman–Crippen LogP) is -0.0800. The van der Waals surface area contributed by atoms with Crippen LogP contribution in [0.2, 0.25) is 0 Å². The zero-order valence-electron chi connectivity index (χ0n) is 9.45. The number of nitrogens with one attached hydrogen (secondary N) is 1. The summed E-state index contributed by atoms with van der Waals surface area (Å²) in [5, 5.41) is 9.12. The molecule has 0 bridgehead atoms. The van der Waals surface area contributed by atoms with Gasteiger partial charge in [0.15, 0.2) is 0 Å². The Hall–Kier alpha value is -0.810. The van der Waals surface area contributed by atoms with Crippen molar-refractivity contribution in [2.75, 3.05) is 26.2 Å². The second-order valence-electron chi connectivity index (χ2n) is 3.99. The molecule has 5 nitrogen and oxygen atoms in total. The van der Waals surface area contributed by atoms with Crippen molar-refractivity contribution in [3.63, 3.8) is 0 Å². The van der Waals surface area contributed by atoms with E-state index in [-0.39, 0.29) is 6.61 Å². The van der Waals surface area contributed by atoms with Crippen LogP contribution in [-0.2, 0) is 0 Å². The first kappa shape index (κ1) is 12.3. The van der Waals surface area contributed by atoms with E-state index >= 15 is 0 Å². The Kier molecular flexibility index (Phi) is 5.42. The van der Waals surface area contributed by atoms with Gasteiger partial charge in [-0.1, -0.05) is 6.92 Å². The van der Waals surface area contributed by atoms with Crippen LogP contribution < -0.4 is 11.3 Å². The third-order valence-electron chi connectivity index (χ3n) is 2.69. The highest BCUT2D eigenvalue weighted by atomic mass is 16.3. The van der Waals surface area contributed by atoms with E-state index in [4.69, 9.17) is 10.9 Å². The lowest BCUT2D eigenvalue weighted by atomic mass is 9.99. The number of hydrazine groups is 1. The van der Waals surface area contributed by atoms with Gasteiger partial charge >= 0.3 is 0 Å². The molecule has 0 radical (unpaired) electrons. The van der Waals surface area contributed by atoms with E-state index in [9.17, 15) is 0 Å². The Balaban J connectivity index is 2.51. The van der Waals surface area contributed by atoms with Crippen molar-refractivity contribution in [3.05, 3.63) is 0 Å². The fourth-order valence-corrected chi connectivity index (χ4v) is 1.86. The Bertz CT molecular complexity index is 208. The van der Waals surface area contributed by atoms with Crippen LogP contribution in [0.4, 0.5) is 0 Å². The third-order valence-corrected chi connectivity index (χ3v) is 2.69. The third kappa shape index (κ3) is 3.68. The minimum absolute atomic E-state index is 0.252. The number of aliphatic hydroxyl groups is 1. The van der Waals surface area contributed by atoms with E-state index in [0.29, 0.717) is 5.92 Å². The van der Waals surface area contributed by atoms with E-state index in [0.717, 1.165) is 44.9 Å². The number of aliphatic imine (C=N–C) groups is 1. The first-order chi connectivity index (χ1) is 7.31. The van der Waals surface area contributed by atoms with Crippen LogP contribution >= 0.6 is 0 Å². The number of piperidine rings is 1.